The quantitative estimate of drug-likeness (QED) is 0.199. The van der Waals surface area contributed by atoms with E-state index in [1.54, 1.807) is 0 Å². The average molecular weight is 565 g/mol. The number of rotatable bonds is 4. The number of allylic oxidation sites excluding steroid dienone is 2. The third-order valence-electron chi connectivity index (χ3n) is 9.63. The lowest BCUT2D eigenvalue weighted by Crippen LogP contribution is -2.30. The van der Waals surface area contributed by atoms with E-state index in [1.807, 2.05) is 11.3 Å². The van der Waals surface area contributed by atoms with Crippen LogP contribution in [0.25, 0.3) is 21.2 Å². The van der Waals surface area contributed by atoms with Gasteiger partial charge in [0.1, 0.15) is 0 Å². The first-order valence-electron chi connectivity index (χ1n) is 15.0. The summed E-state index contributed by atoms with van der Waals surface area (Å²) in [5.41, 5.74) is 11.2. The minimum Gasteiger partial charge on any atom is -0.135 e. The van der Waals surface area contributed by atoms with Crippen LogP contribution >= 0.6 is 11.3 Å². The van der Waals surface area contributed by atoms with Crippen LogP contribution in [0.5, 0.6) is 0 Å². The van der Waals surface area contributed by atoms with Crippen LogP contribution in [0.15, 0.2) is 170 Å². The lowest BCUT2D eigenvalue weighted by Gasteiger charge is -2.36. The molecule has 1 heterocycles. The summed E-state index contributed by atoms with van der Waals surface area (Å²) in [7, 11) is 0. The maximum absolute atomic E-state index is 2.38. The summed E-state index contributed by atoms with van der Waals surface area (Å²) in [6.45, 7) is 0. The van der Waals surface area contributed by atoms with Crippen molar-refractivity contribution in [1.29, 1.82) is 0 Å². The van der Waals surface area contributed by atoms with Crippen LogP contribution in [0.1, 0.15) is 43.8 Å². The average Bonchev–Trinajstić information content (AvgIpc) is 3.72. The van der Waals surface area contributed by atoms with E-state index in [0.717, 1.165) is 0 Å². The first-order chi connectivity index (χ1) is 21.4. The molecule has 0 amide bonds. The van der Waals surface area contributed by atoms with Crippen molar-refractivity contribution in [3.8, 4) is 0 Å². The van der Waals surface area contributed by atoms with Crippen molar-refractivity contribution in [2.45, 2.75) is 10.8 Å². The molecule has 0 fully saturated rings. The van der Waals surface area contributed by atoms with Crippen LogP contribution in [0.4, 0.5) is 0 Å². The van der Waals surface area contributed by atoms with Gasteiger partial charge in [0, 0.05) is 9.58 Å². The zero-order valence-electron chi connectivity index (χ0n) is 23.6. The van der Waals surface area contributed by atoms with Gasteiger partial charge in [-0.25, -0.2) is 0 Å². The second-order valence-corrected chi connectivity index (χ2v) is 12.6. The highest BCUT2D eigenvalue weighted by molar-refractivity contribution is 7.20. The van der Waals surface area contributed by atoms with Gasteiger partial charge in [0.25, 0.3) is 0 Å². The molecule has 0 unspecified atom stereocenters. The first-order valence-corrected chi connectivity index (χ1v) is 15.8. The van der Waals surface area contributed by atoms with Gasteiger partial charge >= 0.3 is 0 Å². The Morgan fingerprint density at radius 2 is 0.814 bits per heavy atom. The molecule has 0 saturated heterocycles. The van der Waals surface area contributed by atoms with E-state index in [4.69, 9.17) is 0 Å². The predicted octanol–water partition coefficient (Wildman–Crippen LogP) is 10.5. The molecule has 1 heteroatoms. The maximum Gasteiger partial charge on any atom is 0.0731 e. The fourth-order valence-corrected chi connectivity index (χ4v) is 9.51. The molecule has 0 aliphatic heterocycles. The summed E-state index contributed by atoms with van der Waals surface area (Å²) in [5, 5.41) is 1.34. The first kappa shape index (κ1) is 24.6. The predicted molar refractivity (Wildman–Crippen MR) is 181 cm³/mol. The van der Waals surface area contributed by atoms with E-state index in [0.29, 0.717) is 0 Å². The SMILES string of the molecule is c1ccc(C2(c3ccccc3)C3=C(c4ccccc42)C(c2ccccc2)(c2ccccc2)c2c3sc3ccccc23)cc1. The van der Waals surface area contributed by atoms with Crippen molar-refractivity contribution in [1.82, 2.24) is 0 Å². The highest BCUT2D eigenvalue weighted by Crippen LogP contribution is 2.71. The molecule has 2 aliphatic carbocycles. The standard InChI is InChI=1S/C42H28S/c1-5-17-29(18-6-1)41(30-19-7-2-8-20-30)35-27-15-13-25-33(35)37-39(41)40-38(34-26-14-16-28-36(34)43-40)42(37,31-21-9-3-10-22-31)32-23-11-4-12-24-32/h1-28H. The molecule has 0 N–H and O–H groups in total. The van der Waals surface area contributed by atoms with Gasteiger partial charge in [0.05, 0.1) is 10.8 Å². The highest BCUT2D eigenvalue weighted by Gasteiger charge is 2.60. The number of benzene rings is 6. The normalized spacial score (nSPS) is 15.7. The van der Waals surface area contributed by atoms with Crippen molar-refractivity contribution in [2.24, 2.45) is 0 Å². The van der Waals surface area contributed by atoms with Crippen molar-refractivity contribution >= 4 is 32.6 Å². The minimum atomic E-state index is -0.478. The molecular weight excluding hydrogens is 537 g/mol. The van der Waals surface area contributed by atoms with E-state index in [1.165, 1.54) is 65.1 Å². The van der Waals surface area contributed by atoms with Gasteiger partial charge in [-0.05, 0) is 61.5 Å². The van der Waals surface area contributed by atoms with E-state index < -0.39 is 10.8 Å². The molecule has 43 heavy (non-hydrogen) atoms. The smallest absolute Gasteiger partial charge is 0.0731 e. The molecule has 0 radical (unpaired) electrons. The fourth-order valence-electron chi connectivity index (χ4n) is 8.14. The fraction of sp³-hybridized carbons (Fsp3) is 0.0476. The summed E-state index contributed by atoms with van der Waals surface area (Å²) in [4.78, 5) is 1.40. The summed E-state index contributed by atoms with van der Waals surface area (Å²) in [5.74, 6) is 0. The van der Waals surface area contributed by atoms with Crippen molar-refractivity contribution in [2.75, 3.05) is 0 Å². The molecule has 7 aromatic rings. The van der Waals surface area contributed by atoms with Gasteiger partial charge in [-0.1, -0.05) is 164 Å². The Kier molecular flexibility index (Phi) is 5.30. The van der Waals surface area contributed by atoms with Crippen LogP contribution in [0.3, 0.4) is 0 Å². The lowest BCUT2D eigenvalue weighted by molar-refractivity contribution is 0.809. The Balaban J connectivity index is 1.57. The third kappa shape index (κ3) is 3.10. The summed E-state index contributed by atoms with van der Waals surface area (Å²) >= 11 is 1.96. The van der Waals surface area contributed by atoms with Crippen LogP contribution in [-0.2, 0) is 10.8 Å². The Bertz CT molecular complexity index is 2070. The Morgan fingerprint density at radius 1 is 0.372 bits per heavy atom. The monoisotopic (exact) mass is 564 g/mol. The largest absolute Gasteiger partial charge is 0.135 e. The summed E-state index contributed by atoms with van der Waals surface area (Å²) in [6, 6.07) is 63.1. The molecule has 9 rings (SSSR count). The minimum absolute atomic E-state index is 0.463. The van der Waals surface area contributed by atoms with E-state index in [9.17, 15) is 0 Å². The molecule has 0 atom stereocenters. The molecule has 202 valence electrons. The van der Waals surface area contributed by atoms with Crippen LogP contribution < -0.4 is 0 Å². The molecule has 0 saturated carbocycles. The van der Waals surface area contributed by atoms with Gasteiger partial charge in [-0.3, -0.25) is 0 Å². The topological polar surface area (TPSA) is 0 Å². The van der Waals surface area contributed by atoms with Crippen molar-refractivity contribution < 1.29 is 0 Å². The van der Waals surface area contributed by atoms with Gasteiger partial charge in [-0.15, -0.1) is 11.3 Å². The molecule has 0 nitrogen and oxygen atoms in total. The van der Waals surface area contributed by atoms with Crippen LogP contribution in [0, 0.1) is 0 Å². The maximum atomic E-state index is 2.38. The van der Waals surface area contributed by atoms with Crippen molar-refractivity contribution in [3.05, 3.63) is 214 Å². The second kappa shape index (κ2) is 9.26. The highest BCUT2D eigenvalue weighted by atomic mass is 32.1. The summed E-state index contributed by atoms with van der Waals surface area (Å²) in [6.07, 6.45) is 0. The zero-order chi connectivity index (χ0) is 28.4. The second-order valence-electron chi connectivity index (χ2n) is 11.6. The van der Waals surface area contributed by atoms with Crippen LogP contribution in [-0.4, -0.2) is 0 Å². The van der Waals surface area contributed by atoms with Crippen molar-refractivity contribution in [3.63, 3.8) is 0 Å². The number of thiophene rings is 1. The van der Waals surface area contributed by atoms with E-state index in [2.05, 4.69) is 170 Å². The van der Waals surface area contributed by atoms with Gasteiger partial charge < -0.3 is 0 Å². The molecular formula is C42H28S. The van der Waals surface area contributed by atoms with E-state index in [-0.39, 0.29) is 0 Å². The molecule has 0 bridgehead atoms. The third-order valence-corrected chi connectivity index (χ3v) is 10.8. The zero-order valence-corrected chi connectivity index (χ0v) is 24.4. The Labute approximate surface area is 256 Å². The van der Waals surface area contributed by atoms with Gasteiger partial charge in [-0.2, -0.15) is 0 Å². The molecule has 1 aromatic heterocycles. The van der Waals surface area contributed by atoms with Gasteiger partial charge in [0.2, 0.25) is 0 Å². The summed E-state index contributed by atoms with van der Waals surface area (Å²) < 4.78 is 1.33. The number of hydrogen-bond donors (Lipinski definition) is 0. The van der Waals surface area contributed by atoms with Crippen LogP contribution in [0.2, 0.25) is 0 Å². The Hall–Kier alpha value is -4.98. The van der Waals surface area contributed by atoms with Gasteiger partial charge in [0.15, 0.2) is 0 Å². The number of fused-ring (bicyclic) bond motifs is 6. The Morgan fingerprint density at radius 3 is 1.37 bits per heavy atom. The molecule has 2 aliphatic rings. The molecule has 0 spiro atoms. The van der Waals surface area contributed by atoms with E-state index >= 15 is 0 Å². The molecule has 6 aromatic carbocycles. The lowest BCUT2D eigenvalue weighted by atomic mass is 9.65. The number of hydrogen-bond acceptors (Lipinski definition) is 1.